The van der Waals surface area contributed by atoms with Gasteiger partial charge in [0, 0.05) is 6.54 Å². The first kappa shape index (κ1) is 14.7. The first-order valence-electron chi connectivity index (χ1n) is 6.05. The van der Waals surface area contributed by atoms with Gasteiger partial charge in [-0.1, -0.05) is 24.3 Å². The summed E-state index contributed by atoms with van der Waals surface area (Å²) < 4.78 is 40.8. The lowest BCUT2D eigenvalue weighted by Crippen LogP contribution is -2.18. The van der Waals surface area contributed by atoms with Crippen molar-refractivity contribution < 1.29 is 17.9 Å². The largest absolute Gasteiger partial charge is 0.573 e. The molecule has 0 aliphatic carbocycles. The lowest BCUT2D eigenvalue weighted by Gasteiger charge is -2.14. The maximum atomic E-state index is 12.3. The van der Waals surface area contributed by atoms with Crippen LogP contribution in [-0.2, 0) is 6.54 Å². The molecule has 1 N–H and O–H groups in total. The summed E-state index contributed by atoms with van der Waals surface area (Å²) in [7, 11) is 0. The highest BCUT2D eigenvalue weighted by Gasteiger charge is 2.32. The quantitative estimate of drug-likeness (QED) is 0.924. The third kappa shape index (κ3) is 4.42. The molecule has 0 saturated carbocycles. The predicted molar refractivity (Wildman–Crippen MR) is 71.6 cm³/mol. The first-order valence-corrected chi connectivity index (χ1v) is 6.05. The Morgan fingerprint density at radius 1 is 1.10 bits per heavy atom. The van der Waals surface area contributed by atoms with Crippen LogP contribution in [0.1, 0.15) is 11.1 Å². The van der Waals surface area contributed by atoms with E-state index >= 15 is 0 Å². The van der Waals surface area contributed by atoms with Crippen LogP contribution < -0.4 is 10.1 Å². The summed E-state index contributed by atoms with van der Waals surface area (Å²) >= 11 is 0. The van der Waals surface area contributed by atoms with Gasteiger partial charge in [-0.15, -0.1) is 13.2 Å². The van der Waals surface area contributed by atoms with Crippen LogP contribution in [0.3, 0.4) is 0 Å². The van der Waals surface area contributed by atoms with Gasteiger partial charge in [-0.05, 0) is 29.8 Å². The number of hydrogen-bond donors (Lipinski definition) is 1. The van der Waals surface area contributed by atoms with E-state index in [4.69, 9.17) is 5.26 Å². The minimum absolute atomic E-state index is 0.234. The normalized spacial score (nSPS) is 10.8. The summed E-state index contributed by atoms with van der Waals surface area (Å²) in [5.74, 6) is -0.290. The summed E-state index contributed by atoms with van der Waals surface area (Å²) in [4.78, 5) is 0. The molecule has 0 bridgehead atoms. The van der Waals surface area contributed by atoms with Gasteiger partial charge in [0.25, 0.3) is 0 Å². The second-order valence-corrected chi connectivity index (χ2v) is 4.21. The number of ether oxygens (including phenoxy) is 1. The number of nitriles is 1. The zero-order chi connectivity index (χ0) is 15.3. The molecule has 0 saturated heterocycles. The Bertz CT molecular complexity index is 662. The van der Waals surface area contributed by atoms with E-state index in [1.165, 1.54) is 18.2 Å². The fraction of sp³-hybridized carbons (Fsp3) is 0.133. The van der Waals surface area contributed by atoms with Crippen molar-refractivity contribution in [2.45, 2.75) is 12.9 Å². The van der Waals surface area contributed by atoms with Gasteiger partial charge >= 0.3 is 6.36 Å². The predicted octanol–water partition coefficient (Wildman–Crippen LogP) is 4.07. The molecule has 0 amide bonds. The van der Waals surface area contributed by atoms with E-state index in [1.807, 2.05) is 6.07 Å². The SMILES string of the molecule is N#Cc1cccc(CNc2ccccc2OC(F)(F)F)c1. The molecular weight excluding hydrogens is 281 g/mol. The van der Waals surface area contributed by atoms with Crippen molar-refractivity contribution >= 4 is 5.69 Å². The molecule has 21 heavy (non-hydrogen) atoms. The molecule has 2 aromatic rings. The molecule has 0 spiro atoms. The number of alkyl halides is 3. The maximum Gasteiger partial charge on any atom is 0.573 e. The fourth-order valence-corrected chi connectivity index (χ4v) is 1.77. The lowest BCUT2D eigenvalue weighted by atomic mass is 10.1. The topological polar surface area (TPSA) is 45.0 Å². The Morgan fingerprint density at radius 2 is 1.86 bits per heavy atom. The molecule has 0 atom stereocenters. The molecule has 0 aliphatic rings. The second kappa shape index (κ2) is 6.18. The van der Waals surface area contributed by atoms with Gasteiger partial charge in [0.1, 0.15) is 0 Å². The Morgan fingerprint density at radius 3 is 2.57 bits per heavy atom. The molecule has 0 aliphatic heterocycles. The van der Waals surface area contributed by atoms with Crippen molar-refractivity contribution in [3.05, 3.63) is 59.7 Å². The smallest absolute Gasteiger partial charge is 0.404 e. The minimum Gasteiger partial charge on any atom is -0.404 e. The van der Waals surface area contributed by atoms with E-state index < -0.39 is 6.36 Å². The third-order valence-corrected chi connectivity index (χ3v) is 2.65. The van der Waals surface area contributed by atoms with Crippen molar-refractivity contribution in [3.63, 3.8) is 0 Å². The van der Waals surface area contributed by atoms with Crippen LogP contribution in [0.25, 0.3) is 0 Å². The lowest BCUT2D eigenvalue weighted by molar-refractivity contribution is -0.274. The fourth-order valence-electron chi connectivity index (χ4n) is 1.77. The highest BCUT2D eigenvalue weighted by Crippen LogP contribution is 2.30. The van der Waals surface area contributed by atoms with Crippen LogP contribution in [0.2, 0.25) is 0 Å². The number of hydrogen-bond acceptors (Lipinski definition) is 3. The van der Waals surface area contributed by atoms with Gasteiger partial charge in [0.05, 0.1) is 17.3 Å². The van der Waals surface area contributed by atoms with E-state index in [0.717, 1.165) is 5.56 Å². The average Bonchev–Trinajstić information content (AvgIpc) is 2.45. The summed E-state index contributed by atoms with van der Waals surface area (Å²) in [5.41, 5.74) is 1.52. The van der Waals surface area contributed by atoms with Gasteiger partial charge < -0.3 is 10.1 Å². The van der Waals surface area contributed by atoms with Crippen molar-refractivity contribution in [3.8, 4) is 11.8 Å². The van der Waals surface area contributed by atoms with E-state index in [0.29, 0.717) is 5.56 Å². The number of halogens is 3. The van der Waals surface area contributed by atoms with Crippen molar-refractivity contribution in [1.82, 2.24) is 0 Å². The molecule has 3 nitrogen and oxygen atoms in total. The number of nitrogens with zero attached hydrogens (tertiary/aromatic N) is 1. The highest BCUT2D eigenvalue weighted by atomic mass is 19.4. The number of rotatable bonds is 4. The van der Waals surface area contributed by atoms with Crippen LogP contribution in [0.5, 0.6) is 5.75 Å². The van der Waals surface area contributed by atoms with Gasteiger partial charge in [0.2, 0.25) is 0 Å². The van der Waals surface area contributed by atoms with Gasteiger partial charge in [-0.2, -0.15) is 5.26 Å². The summed E-state index contributed by atoms with van der Waals surface area (Å²) in [6, 6.07) is 14.6. The average molecular weight is 292 g/mol. The minimum atomic E-state index is -4.74. The van der Waals surface area contributed by atoms with Gasteiger partial charge in [-0.3, -0.25) is 0 Å². The standard InChI is InChI=1S/C15H11F3N2O/c16-15(17,18)21-14-7-2-1-6-13(14)20-10-12-5-3-4-11(8-12)9-19/h1-8,20H,10H2. The molecule has 0 radical (unpaired) electrons. The Hall–Kier alpha value is -2.68. The molecular formula is C15H11F3N2O. The Balaban J connectivity index is 2.11. The second-order valence-electron chi connectivity index (χ2n) is 4.21. The summed E-state index contributed by atoms with van der Waals surface area (Å²) in [6.45, 7) is 0.285. The number of benzene rings is 2. The van der Waals surface area contributed by atoms with E-state index in [1.54, 1.807) is 30.3 Å². The van der Waals surface area contributed by atoms with E-state index in [2.05, 4.69) is 10.1 Å². The van der Waals surface area contributed by atoms with Gasteiger partial charge in [-0.25, -0.2) is 0 Å². The van der Waals surface area contributed by atoms with Crippen molar-refractivity contribution in [2.75, 3.05) is 5.32 Å². The maximum absolute atomic E-state index is 12.3. The molecule has 6 heteroatoms. The van der Waals surface area contributed by atoms with Gasteiger partial charge in [0.15, 0.2) is 5.75 Å². The molecule has 0 heterocycles. The molecule has 2 aromatic carbocycles. The zero-order valence-electron chi connectivity index (χ0n) is 10.8. The summed E-state index contributed by atoms with van der Waals surface area (Å²) in [5, 5.41) is 11.7. The molecule has 0 aromatic heterocycles. The molecule has 0 fully saturated rings. The highest BCUT2D eigenvalue weighted by molar-refractivity contribution is 5.56. The van der Waals surface area contributed by atoms with E-state index in [-0.39, 0.29) is 18.0 Å². The molecule has 2 rings (SSSR count). The summed E-state index contributed by atoms with van der Waals surface area (Å²) in [6.07, 6.45) is -4.74. The Kier molecular flexibility index (Phi) is 4.33. The number of para-hydroxylation sites is 2. The monoisotopic (exact) mass is 292 g/mol. The number of anilines is 1. The van der Waals surface area contributed by atoms with Crippen molar-refractivity contribution in [2.24, 2.45) is 0 Å². The van der Waals surface area contributed by atoms with Crippen LogP contribution >= 0.6 is 0 Å². The molecule has 108 valence electrons. The van der Waals surface area contributed by atoms with Crippen LogP contribution in [-0.4, -0.2) is 6.36 Å². The van der Waals surface area contributed by atoms with Crippen LogP contribution in [0.4, 0.5) is 18.9 Å². The van der Waals surface area contributed by atoms with Crippen LogP contribution in [0.15, 0.2) is 48.5 Å². The molecule has 0 unspecified atom stereocenters. The zero-order valence-corrected chi connectivity index (χ0v) is 10.8. The van der Waals surface area contributed by atoms with E-state index in [9.17, 15) is 13.2 Å². The Labute approximate surface area is 119 Å². The van der Waals surface area contributed by atoms with Crippen LogP contribution in [0, 0.1) is 11.3 Å². The first-order chi connectivity index (χ1) is 9.98. The number of nitrogens with one attached hydrogen (secondary N) is 1. The van der Waals surface area contributed by atoms with Crippen molar-refractivity contribution in [1.29, 1.82) is 5.26 Å². The third-order valence-electron chi connectivity index (χ3n) is 2.65.